The van der Waals surface area contributed by atoms with Crippen LogP contribution in [0.5, 0.6) is 0 Å². The first kappa shape index (κ1) is 11.2. The van der Waals surface area contributed by atoms with Crippen LogP contribution in [-0.4, -0.2) is 23.4 Å². The minimum atomic E-state index is -0.125. The minimum absolute atomic E-state index is 0.125. The zero-order valence-corrected chi connectivity index (χ0v) is 5.75. The van der Waals surface area contributed by atoms with Gasteiger partial charge in [0.1, 0.15) is 0 Å². The fraction of sp³-hybridized carbons (Fsp3) is 0.429. The molecule has 54 valence electrons. The highest BCUT2D eigenvalue weighted by Crippen LogP contribution is 1.64. The Morgan fingerprint density at radius 3 is 1.78 bits per heavy atom. The first-order chi connectivity index (χ1) is 4.33. The highest BCUT2D eigenvalue weighted by Gasteiger charge is 1.58. The second kappa shape index (κ2) is 15.7. The number of hydrogen-bond donors (Lipinski definition) is 2. The van der Waals surface area contributed by atoms with E-state index < -0.39 is 0 Å². The van der Waals surface area contributed by atoms with Gasteiger partial charge in [0.2, 0.25) is 0 Å². The molecule has 0 rings (SSSR count). The molecule has 0 spiro atoms. The van der Waals surface area contributed by atoms with Gasteiger partial charge in [0.05, 0.1) is 13.2 Å². The van der Waals surface area contributed by atoms with Crippen LogP contribution in [0.3, 0.4) is 0 Å². The van der Waals surface area contributed by atoms with Crippen LogP contribution < -0.4 is 0 Å². The smallest absolute Gasteiger partial charge is 0.0662 e. The summed E-state index contributed by atoms with van der Waals surface area (Å²) in [4.78, 5) is 0. The number of aliphatic hydroxyl groups excluding tert-OH is 2. The molecule has 9 heavy (non-hydrogen) atoms. The zero-order chi connectivity index (χ0) is 7.54. The molecular weight excluding hydrogens is 116 g/mol. The Kier molecular flexibility index (Phi) is 19.5. The second-order valence-corrected chi connectivity index (χ2v) is 1.21. The molecule has 0 amide bonds. The molecule has 0 heterocycles. The minimum Gasteiger partial charge on any atom is -0.394 e. The maximum Gasteiger partial charge on any atom is 0.0662 e. The number of aliphatic hydroxyl groups is 2. The van der Waals surface area contributed by atoms with Crippen molar-refractivity contribution in [3.8, 4) is 0 Å². The maximum absolute atomic E-state index is 7.62. The van der Waals surface area contributed by atoms with Crippen LogP contribution in [0.15, 0.2) is 24.8 Å². The molecule has 0 fully saturated rings. The van der Waals surface area contributed by atoms with Crippen molar-refractivity contribution < 1.29 is 10.2 Å². The maximum atomic E-state index is 7.62. The van der Waals surface area contributed by atoms with Gasteiger partial charge in [-0.3, -0.25) is 0 Å². The van der Waals surface area contributed by atoms with Crippen molar-refractivity contribution in [1.29, 1.82) is 0 Å². The Labute approximate surface area is 56.1 Å². The van der Waals surface area contributed by atoms with Crippen LogP contribution in [0, 0.1) is 0 Å². The summed E-state index contributed by atoms with van der Waals surface area (Å²) < 4.78 is 0. The van der Waals surface area contributed by atoms with Crippen LogP contribution in [0.1, 0.15) is 6.92 Å². The standard InChI is InChI=1S/C5H8.C2H6O2/c1-3-5-4-2;3-1-2-4/h3-5H,1H2,2H3;3-4H,1-2H2. The lowest BCUT2D eigenvalue weighted by Gasteiger charge is -1.70. The SMILES string of the molecule is C=CC=CC.OCCO. The van der Waals surface area contributed by atoms with Gasteiger partial charge in [0, 0.05) is 0 Å². The van der Waals surface area contributed by atoms with Gasteiger partial charge in [-0.15, -0.1) is 0 Å². The molecule has 0 aliphatic rings. The monoisotopic (exact) mass is 130 g/mol. The molecule has 0 saturated carbocycles. The molecule has 0 aromatic rings. The van der Waals surface area contributed by atoms with Crippen LogP contribution in [0.2, 0.25) is 0 Å². The van der Waals surface area contributed by atoms with Crippen molar-refractivity contribution in [3.05, 3.63) is 24.8 Å². The van der Waals surface area contributed by atoms with E-state index in [1.807, 2.05) is 19.1 Å². The zero-order valence-electron chi connectivity index (χ0n) is 5.75. The fourth-order valence-electron chi connectivity index (χ4n) is 0.136. The van der Waals surface area contributed by atoms with Crippen LogP contribution >= 0.6 is 0 Å². The molecule has 0 aromatic heterocycles. The largest absolute Gasteiger partial charge is 0.394 e. The van der Waals surface area contributed by atoms with Crippen molar-refractivity contribution in [2.75, 3.05) is 13.2 Å². The molecule has 0 aliphatic heterocycles. The summed E-state index contributed by atoms with van der Waals surface area (Å²) >= 11 is 0. The van der Waals surface area contributed by atoms with Crippen LogP contribution in [0.25, 0.3) is 0 Å². The molecule has 0 bridgehead atoms. The van der Waals surface area contributed by atoms with E-state index in [1.54, 1.807) is 6.08 Å². The lowest BCUT2D eigenvalue weighted by Crippen LogP contribution is -1.85. The highest BCUT2D eigenvalue weighted by molar-refractivity contribution is 4.94. The highest BCUT2D eigenvalue weighted by atomic mass is 16.3. The van der Waals surface area contributed by atoms with E-state index in [9.17, 15) is 0 Å². The summed E-state index contributed by atoms with van der Waals surface area (Å²) in [5, 5.41) is 15.2. The first-order valence-electron chi connectivity index (χ1n) is 2.78. The molecular formula is C7H14O2. The summed E-state index contributed by atoms with van der Waals surface area (Å²) in [6, 6.07) is 0. The van der Waals surface area contributed by atoms with E-state index in [0.717, 1.165) is 0 Å². The third kappa shape index (κ3) is 37.5. The third-order valence-electron chi connectivity index (χ3n) is 0.429. The summed E-state index contributed by atoms with van der Waals surface area (Å²) in [5.74, 6) is 0. The van der Waals surface area contributed by atoms with Crippen molar-refractivity contribution >= 4 is 0 Å². The number of allylic oxidation sites excluding steroid dienone is 3. The quantitative estimate of drug-likeness (QED) is 0.541. The molecule has 0 aliphatic carbocycles. The Balaban J connectivity index is 0. The topological polar surface area (TPSA) is 40.5 Å². The van der Waals surface area contributed by atoms with E-state index in [1.165, 1.54) is 0 Å². The Morgan fingerprint density at radius 2 is 1.78 bits per heavy atom. The lowest BCUT2D eigenvalue weighted by molar-refractivity contribution is 0.186. The molecule has 2 nitrogen and oxygen atoms in total. The van der Waals surface area contributed by atoms with E-state index in [-0.39, 0.29) is 13.2 Å². The van der Waals surface area contributed by atoms with E-state index in [2.05, 4.69) is 6.58 Å². The Bertz CT molecular complexity index is 65.3. The molecule has 0 saturated heterocycles. The van der Waals surface area contributed by atoms with Crippen molar-refractivity contribution in [3.63, 3.8) is 0 Å². The summed E-state index contributed by atoms with van der Waals surface area (Å²) in [6.45, 7) is 5.17. The van der Waals surface area contributed by atoms with Crippen LogP contribution in [-0.2, 0) is 0 Å². The molecule has 0 radical (unpaired) electrons. The van der Waals surface area contributed by atoms with Crippen molar-refractivity contribution in [2.45, 2.75) is 6.92 Å². The van der Waals surface area contributed by atoms with Crippen molar-refractivity contribution in [1.82, 2.24) is 0 Å². The molecule has 0 atom stereocenters. The van der Waals surface area contributed by atoms with Gasteiger partial charge in [0.25, 0.3) is 0 Å². The molecule has 2 N–H and O–H groups in total. The predicted octanol–water partition coefficient (Wildman–Crippen LogP) is 0.719. The van der Waals surface area contributed by atoms with Crippen molar-refractivity contribution in [2.24, 2.45) is 0 Å². The molecule has 0 unspecified atom stereocenters. The molecule has 2 heteroatoms. The van der Waals surface area contributed by atoms with E-state index in [0.29, 0.717) is 0 Å². The average Bonchev–Trinajstić information content (AvgIpc) is 1.91. The van der Waals surface area contributed by atoms with Crippen LogP contribution in [0.4, 0.5) is 0 Å². The van der Waals surface area contributed by atoms with Gasteiger partial charge in [-0.1, -0.05) is 24.8 Å². The number of rotatable bonds is 2. The van der Waals surface area contributed by atoms with Gasteiger partial charge >= 0.3 is 0 Å². The summed E-state index contributed by atoms with van der Waals surface area (Å²) in [6.07, 6.45) is 5.58. The Morgan fingerprint density at radius 1 is 1.33 bits per heavy atom. The third-order valence-corrected chi connectivity index (χ3v) is 0.429. The second-order valence-electron chi connectivity index (χ2n) is 1.21. The predicted molar refractivity (Wildman–Crippen MR) is 39.2 cm³/mol. The van der Waals surface area contributed by atoms with Gasteiger partial charge < -0.3 is 10.2 Å². The van der Waals surface area contributed by atoms with Gasteiger partial charge in [-0.2, -0.15) is 0 Å². The van der Waals surface area contributed by atoms with E-state index >= 15 is 0 Å². The Hall–Kier alpha value is -0.600. The van der Waals surface area contributed by atoms with Gasteiger partial charge in [-0.25, -0.2) is 0 Å². The number of hydrogen-bond acceptors (Lipinski definition) is 2. The van der Waals surface area contributed by atoms with Gasteiger partial charge in [0.15, 0.2) is 0 Å². The summed E-state index contributed by atoms with van der Waals surface area (Å²) in [5.41, 5.74) is 0. The van der Waals surface area contributed by atoms with Gasteiger partial charge in [-0.05, 0) is 6.92 Å². The lowest BCUT2D eigenvalue weighted by atomic mass is 10.5. The normalized spacial score (nSPS) is 8.33. The fourth-order valence-corrected chi connectivity index (χ4v) is 0.136. The summed E-state index contributed by atoms with van der Waals surface area (Å²) in [7, 11) is 0. The average molecular weight is 130 g/mol. The molecule has 0 aromatic carbocycles. The van der Waals surface area contributed by atoms with E-state index in [4.69, 9.17) is 10.2 Å². The first-order valence-corrected chi connectivity index (χ1v) is 2.78.